The standard InChI is InChI=1S/C10H19F3.C2H6/c1-5-6-9(10(11,12)13)8(4)7(2)3;1-2/h7-9H,5-6H2,1-4H3;1-2H3. The van der Waals surface area contributed by atoms with Crippen LogP contribution >= 0.6 is 0 Å². The van der Waals surface area contributed by atoms with Crippen LogP contribution in [0.25, 0.3) is 0 Å². The van der Waals surface area contributed by atoms with E-state index >= 15 is 0 Å². The lowest BCUT2D eigenvalue weighted by molar-refractivity contribution is -0.193. The largest absolute Gasteiger partial charge is 0.392 e. The van der Waals surface area contributed by atoms with Crippen molar-refractivity contribution in [3.8, 4) is 0 Å². The summed E-state index contributed by atoms with van der Waals surface area (Å²) >= 11 is 0. The molecule has 0 heterocycles. The molecule has 0 nitrogen and oxygen atoms in total. The Hall–Kier alpha value is -0.210. The molecule has 0 amide bonds. The summed E-state index contributed by atoms with van der Waals surface area (Å²) in [6, 6.07) is 0. The molecule has 2 unspecified atom stereocenters. The fraction of sp³-hybridized carbons (Fsp3) is 1.00. The number of alkyl halides is 3. The molecular formula is C12H25F3. The highest BCUT2D eigenvalue weighted by molar-refractivity contribution is 4.75. The fourth-order valence-electron chi connectivity index (χ4n) is 1.50. The first-order valence-corrected chi connectivity index (χ1v) is 5.87. The molecule has 0 aliphatic carbocycles. The van der Waals surface area contributed by atoms with Crippen LogP contribution < -0.4 is 0 Å². The Labute approximate surface area is 92.3 Å². The number of rotatable bonds is 4. The van der Waals surface area contributed by atoms with Crippen molar-refractivity contribution in [1.82, 2.24) is 0 Å². The molecule has 0 aromatic rings. The molecule has 0 bridgehead atoms. The molecule has 0 aliphatic rings. The van der Waals surface area contributed by atoms with Crippen LogP contribution in [0.1, 0.15) is 54.4 Å². The Morgan fingerprint density at radius 1 is 1.00 bits per heavy atom. The van der Waals surface area contributed by atoms with Gasteiger partial charge in [-0.25, -0.2) is 0 Å². The Kier molecular flexibility index (Phi) is 9.17. The van der Waals surface area contributed by atoms with Gasteiger partial charge in [-0.05, 0) is 18.3 Å². The first kappa shape index (κ1) is 17.2. The topological polar surface area (TPSA) is 0 Å². The highest BCUT2D eigenvalue weighted by atomic mass is 19.4. The van der Waals surface area contributed by atoms with Crippen LogP contribution in [-0.2, 0) is 0 Å². The predicted molar refractivity (Wildman–Crippen MR) is 59.8 cm³/mol. The molecule has 0 aromatic heterocycles. The van der Waals surface area contributed by atoms with Gasteiger partial charge < -0.3 is 0 Å². The Bertz CT molecular complexity index is 138. The summed E-state index contributed by atoms with van der Waals surface area (Å²) < 4.78 is 37.6. The smallest absolute Gasteiger partial charge is 0.171 e. The summed E-state index contributed by atoms with van der Waals surface area (Å²) in [5.74, 6) is -1.31. The van der Waals surface area contributed by atoms with E-state index in [4.69, 9.17) is 0 Å². The molecule has 0 spiro atoms. The van der Waals surface area contributed by atoms with E-state index in [1.165, 1.54) is 0 Å². The van der Waals surface area contributed by atoms with Crippen LogP contribution in [0.2, 0.25) is 0 Å². The quantitative estimate of drug-likeness (QED) is 0.611. The van der Waals surface area contributed by atoms with Gasteiger partial charge in [-0.1, -0.05) is 48.0 Å². The average molecular weight is 226 g/mol. The van der Waals surface area contributed by atoms with Gasteiger partial charge in [-0.2, -0.15) is 13.2 Å². The molecule has 0 saturated carbocycles. The van der Waals surface area contributed by atoms with E-state index in [0.29, 0.717) is 6.42 Å². The number of hydrogen-bond donors (Lipinski definition) is 0. The summed E-state index contributed by atoms with van der Waals surface area (Å²) in [4.78, 5) is 0. The van der Waals surface area contributed by atoms with E-state index in [2.05, 4.69) is 0 Å². The second-order valence-corrected chi connectivity index (χ2v) is 4.04. The summed E-state index contributed by atoms with van der Waals surface area (Å²) in [6.45, 7) is 11.2. The van der Waals surface area contributed by atoms with Crippen LogP contribution in [0.15, 0.2) is 0 Å². The van der Waals surface area contributed by atoms with Crippen molar-refractivity contribution in [1.29, 1.82) is 0 Å². The third kappa shape index (κ3) is 6.80. The zero-order valence-electron chi connectivity index (χ0n) is 10.8. The Morgan fingerprint density at radius 2 is 1.40 bits per heavy atom. The van der Waals surface area contributed by atoms with Crippen LogP contribution in [0.3, 0.4) is 0 Å². The van der Waals surface area contributed by atoms with Gasteiger partial charge in [0.15, 0.2) is 0 Å². The molecular weight excluding hydrogens is 201 g/mol. The molecule has 3 heteroatoms. The van der Waals surface area contributed by atoms with Crippen LogP contribution in [0.4, 0.5) is 13.2 Å². The summed E-state index contributed by atoms with van der Waals surface area (Å²) in [6.07, 6.45) is -3.18. The zero-order chi connectivity index (χ0) is 12.6. The summed E-state index contributed by atoms with van der Waals surface area (Å²) in [7, 11) is 0. The molecule has 0 radical (unpaired) electrons. The maximum Gasteiger partial charge on any atom is 0.392 e. The van der Waals surface area contributed by atoms with Gasteiger partial charge in [-0.15, -0.1) is 0 Å². The lowest BCUT2D eigenvalue weighted by atomic mass is 9.82. The molecule has 2 atom stereocenters. The lowest BCUT2D eigenvalue weighted by Gasteiger charge is -2.28. The molecule has 0 aliphatic heterocycles. The van der Waals surface area contributed by atoms with E-state index < -0.39 is 12.1 Å². The zero-order valence-corrected chi connectivity index (χ0v) is 10.8. The molecule has 0 rings (SSSR count). The van der Waals surface area contributed by atoms with Crippen molar-refractivity contribution in [3.05, 3.63) is 0 Å². The molecule has 94 valence electrons. The van der Waals surface area contributed by atoms with Crippen LogP contribution in [0.5, 0.6) is 0 Å². The van der Waals surface area contributed by atoms with Gasteiger partial charge in [0.05, 0.1) is 5.92 Å². The van der Waals surface area contributed by atoms with E-state index in [1.54, 1.807) is 13.8 Å². The fourth-order valence-corrected chi connectivity index (χ4v) is 1.50. The second-order valence-electron chi connectivity index (χ2n) is 4.04. The lowest BCUT2D eigenvalue weighted by Crippen LogP contribution is -2.31. The maximum absolute atomic E-state index is 12.5. The molecule has 0 fully saturated rings. The van der Waals surface area contributed by atoms with Crippen molar-refractivity contribution in [2.75, 3.05) is 0 Å². The molecule has 0 saturated heterocycles. The first-order chi connectivity index (χ1) is 6.80. The number of hydrogen-bond acceptors (Lipinski definition) is 0. The minimum absolute atomic E-state index is 0.0955. The van der Waals surface area contributed by atoms with Crippen molar-refractivity contribution < 1.29 is 13.2 Å². The highest BCUT2D eigenvalue weighted by Crippen LogP contribution is 2.38. The SMILES string of the molecule is CC.CCCC(C(C)C(C)C)C(F)(F)F. The average Bonchev–Trinajstić information content (AvgIpc) is 2.14. The first-order valence-electron chi connectivity index (χ1n) is 5.87. The second kappa shape index (κ2) is 8.00. The van der Waals surface area contributed by atoms with Crippen molar-refractivity contribution in [3.63, 3.8) is 0 Å². The Morgan fingerprint density at radius 3 is 1.60 bits per heavy atom. The third-order valence-corrected chi connectivity index (χ3v) is 2.71. The Balaban J connectivity index is 0. The summed E-state index contributed by atoms with van der Waals surface area (Å²) in [5, 5.41) is 0. The monoisotopic (exact) mass is 226 g/mol. The van der Waals surface area contributed by atoms with Crippen LogP contribution in [0, 0.1) is 17.8 Å². The summed E-state index contributed by atoms with van der Waals surface area (Å²) in [5.41, 5.74) is 0. The van der Waals surface area contributed by atoms with E-state index in [0.717, 1.165) is 0 Å². The minimum Gasteiger partial charge on any atom is -0.171 e. The van der Waals surface area contributed by atoms with Gasteiger partial charge >= 0.3 is 6.18 Å². The minimum atomic E-state index is -4.03. The highest BCUT2D eigenvalue weighted by Gasteiger charge is 2.42. The predicted octanol–water partition coefficient (Wildman–Crippen LogP) is 5.28. The molecule has 0 aromatic carbocycles. The van der Waals surface area contributed by atoms with Crippen molar-refractivity contribution in [2.45, 2.75) is 60.6 Å². The van der Waals surface area contributed by atoms with E-state index in [-0.39, 0.29) is 18.3 Å². The van der Waals surface area contributed by atoms with Gasteiger partial charge in [0.25, 0.3) is 0 Å². The normalized spacial score (nSPS) is 15.6. The van der Waals surface area contributed by atoms with E-state index in [9.17, 15) is 13.2 Å². The van der Waals surface area contributed by atoms with Crippen molar-refractivity contribution >= 4 is 0 Å². The van der Waals surface area contributed by atoms with Gasteiger partial charge in [0.1, 0.15) is 0 Å². The van der Waals surface area contributed by atoms with Crippen LogP contribution in [-0.4, -0.2) is 6.18 Å². The van der Waals surface area contributed by atoms with Gasteiger partial charge in [-0.3, -0.25) is 0 Å². The number of halogens is 3. The third-order valence-electron chi connectivity index (χ3n) is 2.71. The van der Waals surface area contributed by atoms with E-state index in [1.807, 2.05) is 27.7 Å². The molecule has 0 N–H and O–H groups in total. The molecule has 15 heavy (non-hydrogen) atoms. The van der Waals surface area contributed by atoms with Gasteiger partial charge in [0.2, 0.25) is 0 Å². The van der Waals surface area contributed by atoms with Crippen molar-refractivity contribution in [2.24, 2.45) is 17.8 Å². The maximum atomic E-state index is 12.5. The van der Waals surface area contributed by atoms with Gasteiger partial charge in [0, 0.05) is 0 Å².